The number of carbonyl (C=O) groups is 1. The standard InChI is InChI=1S/C14H19FN2O/c1-17(10-11-5-3-2-4-6-11)14(18)12-7-8-16-13(15)9-12/h7-9,11H,2-6,10H2,1H3. The minimum absolute atomic E-state index is 0.123. The average molecular weight is 250 g/mol. The highest BCUT2D eigenvalue weighted by Gasteiger charge is 2.19. The molecule has 1 heterocycles. The molecule has 0 radical (unpaired) electrons. The number of aromatic nitrogens is 1. The van der Waals surface area contributed by atoms with Gasteiger partial charge in [0.15, 0.2) is 0 Å². The molecule has 1 aliphatic carbocycles. The van der Waals surface area contributed by atoms with Crippen molar-refractivity contribution < 1.29 is 9.18 Å². The monoisotopic (exact) mass is 250 g/mol. The Balaban J connectivity index is 1.95. The van der Waals surface area contributed by atoms with Crippen molar-refractivity contribution in [2.75, 3.05) is 13.6 Å². The highest BCUT2D eigenvalue weighted by Crippen LogP contribution is 2.24. The van der Waals surface area contributed by atoms with Crippen LogP contribution in [0.5, 0.6) is 0 Å². The van der Waals surface area contributed by atoms with Crippen molar-refractivity contribution in [3.05, 3.63) is 29.8 Å². The van der Waals surface area contributed by atoms with Crippen LogP contribution in [0.25, 0.3) is 0 Å². The Hall–Kier alpha value is -1.45. The Morgan fingerprint density at radius 3 is 2.83 bits per heavy atom. The summed E-state index contributed by atoms with van der Waals surface area (Å²) < 4.78 is 13.0. The quantitative estimate of drug-likeness (QED) is 0.773. The maximum absolute atomic E-state index is 13.0. The van der Waals surface area contributed by atoms with E-state index in [-0.39, 0.29) is 5.91 Å². The van der Waals surface area contributed by atoms with Gasteiger partial charge in [0.1, 0.15) is 0 Å². The van der Waals surface area contributed by atoms with Crippen molar-refractivity contribution in [2.45, 2.75) is 32.1 Å². The zero-order valence-electron chi connectivity index (χ0n) is 10.7. The van der Waals surface area contributed by atoms with Gasteiger partial charge in [-0.3, -0.25) is 4.79 Å². The first-order valence-corrected chi connectivity index (χ1v) is 6.54. The molecule has 0 N–H and O–H groups in total. The summed E-state index contributed by atoms with van der Waals surface area (Å²) in [6.45, 7) is 0.767. The molecule has 98 valence electrons. The van der Waals surface area contributed by atoms with E-state index in [0.717, 1.165) is 6.54 Å². The average Bonchev–Trinajstić information content (AvgIpc) is 2.39. The Morgan fingerprint density at radius 2 is 2.17 bits per heavy atom. The van der Waals surface area contributed by atoms with Crippen LogP contribution >= 0.6 is 0 Å². The van der Waals surface area contributed by atoms with Gasteiger partial charge in [-0.25, -0.2) is 4.98 Å². The molecule has 1 fully saturated rings. The van der Waals surface area contributed by atoms with Crippen LogP contribution in [0.15, 0.2) is 18.3 Å². The molecule has 1 saturated carbocycles. The fourth-order valence-electron chi connectivity index (χ4n) is 2.60. The summed E-state index contributed by atoms with van der Waals surface area (Å²) in [5, 5.41) is 0. The minimum Gasteiger partial charge on any atom is -0.341 e. The second kappa shape index (κ2) is 5.94. The lowest BCUT2D eigenvalue weighted by Crippen LogP contribution is -2.32. The number of nitrogens with zero attached hydrogens (tertiary/aromatic N) is 2. The van der Waals surface area contributed by atoms with Crippen molar-refractivity contribution in [3.8, 4) is 0 Å². The van der Waals surface area contributed by atoms with Crippen molar-refractivity contribution in [1.82, 2.24) is 9.88 Å². The highest BCUT2D eigenvalue weighted by atomic mass is 19.1. The van der Waals surface area contributed by atoms with E-state index in [0.29, 0.717) is 11.5 Å². The third-order valence-corrected chi connectivity index (χ3v) is 3.58. The van der Waals surface area contributed by atoms with Crippen molar-refractivity contribution in [3.63, 3.8) is 0 Å². The molecule has 0 unspecified atom stereocenters. The predicted octanol–water partition coefficient (Wildman–Crippen LogP) is 2.87. The fraction of sp³-hybridized carbons (Fsp3) is 0.571. The van der Waals surface area contributed by atoms with Gasteiger partial charge in [-0.05, 0) is 24.8 Å². The Bertz CT molecular complexity index is 416. The molecule has 0 saturated heterocycles. The normalized spacial score (nSPS) is 16.6. The number of halogens is 1. The molecule has 18 heavy (non-hydrogen) atoms. The Kier molecular flexibility index (Phi) is 4.28. The highest BCUT2D eigenvalue weighted by molar-refractivity contribution is 5.93. The predicted molar refractivity (Wildman–Crippen MR) is 67.7 cm³/mol. The lowest BCUT2D eigenvalue weighted by Gasteiger charge is -2.27. The van der Waals surface area contributed by atoms with Gasteiger partial charge in [-0.2, -0.15) is 4.39 Å². The van der Waals surface area contributed by atoms with E-state index in [4.69, 9.17) is 0 Å². The number of carbonyl (C=O) groups excluding carboxylic acids is 1. The first kappa shape index (κ1) is 13.0. The van der Waals surface area contributed by atoms with Gasteiger partial charge in [-0.1, -0.05) is 19.3 Å². The molecule has 0 aliphatic heterocycles. The largest absolute Gasteiger partial charge is 0.341 e. The minimum atomic E-state index is -0.605. The zero-order valence-corrected chi connectivity index (χ0v) is 10.7. The first-order chi connectivity index (χ1) is 8.66. The molecule has 1 aromatic heterocycles. The van der Waals surface area contributed by atoms with Gasteiger partial charge in [-0.15, -0.1) is 0 Å². The van der Waals surface area contributed by atoms with E-state index in [1.807, 2.05) is 0 Å². The maximum atomic E-state index is 13.0. The lowest BCUT2D eigenvalue weighted by atomic mass is 9.89. The Labute approximate surface area is 107 Å². The third kappa shape index (κ3) is 3.28. The molecule has 1 amide bonds. The van der Waals surface area contributed by atoms with E-state index < -0.39 is 5.95 Å². The maximum Gasteiger partial charge on any atom is 0.253 e. The van der Waals surface area contributed by atoms with Crippen LogP contribution in [0, 0.1) is 11.9 Å². The molecule has 0 aromatic carbocycles. The first-order valence-electron chi connectivity index (χ1n) is 6.54. The van der Waals surface area contributed by atoms with Crippen LogP contribution in [0.3, 0.4) is 0 Å². The van der Waals surface area contributed by atoms with E-state index in [1.54, 1.807) is 18.0 Å². The van der Waals surface area contributed by atoms with E-state index >= 15 is 0 Å². The molecule has 0 atom stereocenters. The number of pyridine rings is 1. The van der Waals surface area contributed by atoms with Gasteiger partial charge < -0.3 is 4.90 Å². The van der Waals surface area contributed by atoms with Crippen LogP contribution in [-0.4, -0.2) is 29.4 Å². The number of rotatable bonds is 3. The molecule has 1 aliphatic rings. The summed E-state index contributed by atoms with van der Waals surface area (Å²) in [6, 6.07) is 2.75. The van der Waals surface area contributed by atoms with Crippen LogP contribution in [0.2, 0.25) is 0 Å². The summed E-state index contributed by atoms with van der Waals surface area (Å²) in [5.41, 5.74) is 0.376. The smallest absolute Gasteiger partial charge is 0.253 e. The summed E-state index contributed by atoms with van der Waals surface area (Å²) >= 11 is 0. The van der Waals surface area contributed by atoms with Gasteiger partial charge in [0.05, 0.1) is 0 Å². The molecular weight excluding hydrogens is 231 g/mol. The van der Waals surface area contributed by atoms with E-state index in [1.165, 1.54) is 44.4 Å². The second-order valence-electron chi connectivity index (χ2n) is 5.06. The number of hydrogen-bond acceptors (Lipinski definition) is 2. The van der Waals surface area contributed by atoms with Crippen LogP contribution in [-0.2, 0) is 0 Å². The Morgan fingerprint density at radius 1 is 1.44 bits per heavy atom. The van der Waals surface area contributed by atoms with Gasteiger partial charge >= 0.3 is 0 Å². The summed E-state index contributed by atoms with van der Waals surface area (Å²) in [6.07, 6.45) is 7.55. The molecular formula is C14H19FN2O. The number of hydrogen-bond donors (Lipinski definition) is 0. The SMILES string of the molecule is CN(CC1CCCCC1)C(=O)c1ccnc(F)c1. The third-order valence-electron chi connectivity index (χ3n) is 3.58. The molecule has 2 rings (SSSR count). The number of amides is 1. The van der Waals surface area contributed by atoms with Gasteiger partial charge in [0.2, 0.25) is 5.95 Å². The van der Waals surface area contributed by atoms with Crippen molar-refractivity contribution in [2.24, 2.45) is 5.92 Å². The summed E-state index contributed by atoms with van der Waals surface area (Å²) in [7, 11) is 1.79. The zero-order chi connectivity index (χ0) is 13.0. The van der Waals surface area contributed by atoms with Crippen LogP contribution < -0.4 is 0 Å². The summed E-state index contributed by atoms with van der Waals surface area (Å²) in [4.78, 5) is 17.3. The molecule has 4 heteroatoms. The lowest BCUT2D eigenvalue weighted by molar-refractivity contribution is 0.0760. The van der Waals surface area contributed by atoms with Gasteiger partial charge in [0.25, 0.3) is 5.91 Å². The fourth-order valence-corrected chi connectivity index (χ4v) is 2.60. The second-order valence-corrected chi connectivity index (χ2v) is 5.06. The van der Waals surface area contributed by atoms with Crippen molar-refractivity contribution >= 4 is 5.91 Å². The molecule has 1 aromatic rings. The van der Waals surface area contributed by atoms with E-state index in [2.05, 4.69) is 4.98 Å². The van der Waals surface area contributed by atoms with Crippen LogP contribution in [0.1, 0.15) is 42.5 Å². The molecule has 0 bridgehead atoms. The van der Waals surface area contributed by atoms with Gasteiger partial charge in [0, 0.05) is 31.4 Å². The van der Waals surface area contributed by atoms with Crippen molar-refractivity contribution in [1.29, 1.82) is 0 Å². The molecule has 3 nitrogen and oxygen atoms in total. The van der Waals surface area contributed by atoms with E-state index in [9.17, 15) is 9.18 Å². The molecule has 0 spiro atoms. The summed E-state index contributed by atoms with van der Waals surface area (Å²) in [5.74, 6) is -0.131. The van der Waals surface area contributed by atoms with Crippen LogP contribution in [0.4, 0.5) is 4.39 Å². The topological polar surface area (TPSA) is 33.2 Å².